The number of fused-ring (bicyclic) bond motifs is 1. The Morgan fingerprint density at radius 1 is 1.05 bits per heavy atom. The van der Waals surface area contributed by atoms with Crippen LogP contribution in [0.4, 0.5) is 5.82 Å². The number of anilines is 1. The Morgan fingerprint density at radius 2 is 1.86 bits per heavy atom. The molecule has 0 radical (unpaired) electrons. The summed E-state index contributed by atoms with van der Waals surface area (Å²) in [6.45, 7) is 6.41. The summed E-state index contributed by atoms with van der Waals surface area (Å²) in [5.74, 6) is 1.75. The monoisotopic (exact) mass is 514 g/mol. The molecule has 0 spiro atoms. The number of thioether (sulfide) groups is 1. The molecule has 4 heterocycles. The summed E-state index contributed by atoms with van der Waals surface area (Å²) in [5, 5.41) is 3.24. The molecule has 1 unspecified atom stereocenters. The summed E-state index contributed by atoms with van der Waals surface area (Å²) in [7, 11) is 0. The summed E-state index contributed by atoms with van der Waals surface area (Å²) in [6, 6.07) is 4.00. The number of nitrogens with zero attached hydrogens (tertiary/aromatic N) is 7. The maximum atomic E-state index is 13.8. The third-order valence-corrected chi connectivity index (χ3v) is 8.06. The average molecular weight is 515 g/mol. The van der Waals surface area contributed by atoms with Crippen molar-refractivity contribution in [2.75, 3.05) is 11.6 Å². The molecule has 190 valence electrons. The predicted molar refractivity (Wildman–Crippen MR) is 145 cm³/mol. The SMILES string of the molecule is CSc1ccc(CNc2nc3c(C)nc(-c4c(C)ncnc4C4CC4)nc3n(C(C)C3CC3)c2=O)nc1. The number of hydrogen-bond acceptors (Lipinski definition) is 9. The van der Waals surface area contributed by atoms with Crippen molar-refractivity contribution >= 4 is 28.7 Å². The molecule has 0 aromatic carbocycles. The van der Waals surface area contributed by atoms with E-state index >= 15 is 0 Å². The van der Waals surface area contributed by atoms with Gasteiger partial charge in [-0.2, -0.15) is 0 Å². The minimum atomic E-state index is -0.167. The van der Waals surface area contributed by atoms with Gasteiger partial charge in [-0.05, 0) is 70.8 Å². The van der Waals surface area contributed by atoms with Crippen LogP contribution in [0.1, 0.15) is 67.3 Å². The zero-order valence-corrected chi connectivity index (χ0v) is 22.3. The minimum Gasteiger partial charge on any atom is -0.360 e. The normalized spacial score (nSPS) is 16.2. The number of aromatic nitrogens is 7. The highest BCUT2D eigenvalue weighted by molar-refractivity contribution is 7.98. The van der Waals surface area contributed by atoms with Gasteiger partial charge in [-0.1, -0.05) is 0 Å². The molecule has 2 aliphatic carbocycles. The quantitative estimate of drug-likeness (QED) is 0.330. The second kappa shape index (κ2) is 9.48. The van der Waals surface area contributed by atoms with E-state index in [1.807, 2.05) is 43.0 Å². The zero-order chi connectivity index (χ0) is 25.7. The first-order chi connectivity index (χ1) is 17.9. The first kappa shape index (κ1) is 24.0. The van der Waals surface area contributed by atoms with Gasteiger partial charge in [0.05, 0.1) is 34.9 Å². The Kier molecular flexibility index (Phi) is 6.14. The molecule has 2 fully saturated rings. The second-order valence-corrected chi connectivity index (χ2v) is 10.9. The topological polar surface area (TPSA) is 111 Å². The van der Waals surface area contributed by atoms with Crippen molar-refractivity contribution in [2.45, 2.75) is 69.9 Å². The molecule has 6 rings (SSSR count). The van der Waals surface area contributed by atoms with Gasteiger partial charge in [-0.15, -0.1) is 11.8 Å². The van der Waals surface area contributed by atoms with Crippen LogP contribution in [0.25, 0.3) is 22.6 Å². The van der Waals surface area contributed by atoms with Gasteiger partial charge in [0.2, 0.25) is 0 Å². The molecule has 4 aromatic heterocycles. The highest BCUT2D eigenvalue weighted by atomic mass is 32.2. The third kappa shape index (κ3) is 4.58. The first-order valence-corrected chi connectivity index (χ1v) is 14.0. The van der Waals surface area contributed by atoms with Crippen molar-refractivity contribution < 1.29 is 0 Å². The summed E-state index contributed by atoms with van der Waals surface area (Å²) < 4.78 is 1.82. The van der Waals surface area contributed by atoms with Gasteiger partial charge in [-0.25, -0.2) is 24.9 Å². The second-order valence-electron chi connectivity index (χ2n) is 10.1. The van der Waals surface area contributed by atoms with Crippen molar-refractivity contribution in [1.82, 2.24) is 34.5 Å². The van der Waals surface area contributed by atoms with Gasteiger partial charge in [0.25, 0.3) is 5.56 Å². The molecular formula is C27H30N8OS. The minimum absolute atomic E-state index is 0.00992. The summed E-state index contributed by atoms with van der Waals surface area (Å²) in [5.41, 5.74) is 5.35. The van der Waals surface area contributed by atoms with Crippen LogP contribution in [0, 0.1) is 19.8 Å². The molecule has 0 amide bonds. The lowest BCUT2D eigenvalue weighted by molar-refractivity contribution is 0.482. The van der Waals surface area contributed by atoms with Crippen LogP contribution >= 0.6 is 11.8 Å². The van der Waals surface area contributed by atoms with Crippen molar-refractivity contribution in [2.24, 2.45) is 5.92 Å². The van der Waals surface area contributed by atoms with Crippen LogP contribution in [-0.2, 0) is 6.54 Å². The Balaban J connectivity index is 1.47. The average Bonchev–Trinajstić information content (AvgIpc) is 3.81. The molecule has 9 nitrogen and oxygen atoms in total. The molecule has 37 heavy (non-hydrogen) atoms. The fraction of sp³-hybridized carbons (Fsp3) is 0.444. The van der Waals surface area contributed by atoms with E-state index in [1.165, 1.54) is 0 Å². The van der Waals surface area contributed by atoms with Crippen LogP contribution in [0.5, 0.6) is 0 Å². The first-order valence-electron chi connectivity index (χ1n) is 12.8. The van der Waals surface area contributed by atoms with Crippen molar-refractivity contribution in [3.8, 4) is 11.4 Å². The van der Waals surface area contributed by atoms with Gasteiger partial charge in [0, 0.05) is 23.1 Å². The van der Waals surface area contributed by atoms with E-state index in [-0.39, 0.29) is 11.6 Å². The van der Waals surface area contributed by atoms with E-state index < -0.39 is 0 Å². The molecule has 10 heteroatoms. The van der Waals surface area contributed by atoms with Crippen LogP contribution in [-0.4, -0.2) is 40.7 Å². The predicted octanol–water partition coefficient (Wildman–Crippen LogP) is 4.84. The highest BCUT2D eigenvalue weighted by Crippen LogP contribution is 2.44. The zero-order valence-electron chi connectivity index (χ0n) is 21.5. The van der Waals surface area contributed by atoms with Gasteiger partial charge < -0.3 is 5.32 Å². The summed E-state index contributed by atoms with van der Waals surface area (Å²) in [6.07, 6.45) is 9.94. The van der Waals surface area contributed by atoms with E-state index in [1.54, 1.807) is 18.1 Å². The molecule has 0 saturated heterocycles. The van der Waals surface area contributed by atoms with Crippen molar-refractivity contribution in [1.29, 1.82) is 0 Å². The Hall–Kier alpha value is -3.40. The lowest BCUT2D eigenvalue weighted by Crippen LogP contribution is -2.29. The van der Waals surface area contributed by atoms with Gasteiger partial charge in [0.15, 0.2) is 17.3 Å². The number of rotatable bonds is 8. The van der Waals surface area contributed by atoms with Crippen molar-refractivity contribution in [3.63, 3.8) is 0 Å². The van der Waals surface area contributed by atoms with Crippen LogP contribution < -0.4 is 10.9 Å². The van der Waals surface area contributed by atoms with Crippen LogP contribution in [0.2, 0.25) is 0 Å². The fourth-order valence-electron chi connectivity index (χ4n) is 4.86. The molecule has 1 N–H and O–H groups in total. The fourth-order valence-corrected chi connectivity index (χ4v) is 5.22. The standard InChI is InChI=1S/C27H30N8OS/c1-14-21(23(18-7-8-18)31-13-30-14)24-32-15(2)22-26(34-24)35(16(3)17-5-6-17)27(36)25(33-22)29-11-19-9-10-20(37-4)12-28-19/h9-10,12-13,16-18H,5-8,11H2,1-4H3,(H,29,33). The van der Waals surface area contributed by atoms with E-state index in [0.29, 0.717) is 41.2 Å². The molecule has 0 aliphatic heterocycles. The third-order valence-electron chi connectivity index (χ3n) is 7.35. The lowest BCUT2D eigenvalue weighted by Gasteiger charge is -2.20. The number of aryl methyl sites for hydroxylation is 2. The van der Waals surface area contributed by atoms with Crippen LogP contribution in [0.15, 0.2) is 34.3 Å². The van der Waals surface area contributed by atoms with E-state index in [2.05, 4.69) is 27.2 Å². The largest absolute Gasteiger partial charge is 0.360 e. The van der Waals surface area contributed by atoms with Gasteiger partial charge in [0.1, 0.15) is 11.8 Å². The highest BCUT2D eigenvalue weighted by Gasteiger charge is 2.33. The Bertz CT molecular complexity index is 1540. The number of hydrogen-bond donors (Lipinski definition) is 1. The molecule has 1 atom stereocenters. The lowest BCUT2D eigenvalue weighted by atomic mass is 10.1. The van der Waals surface area contributed by atoms with Gasteiger partial charge >= 0.3 is 0 Å². The number of pyridine rings is 1. The molecule has 2 saturated carbocycles. The Labute approximate surface area is 219 Å². The molecule has 2 aliphatic rings. The molecular weight excluding hydrogens is 484 g/mol. The van der Waals surface area contributed by atoms with E-state index in [9.17, 15) is 4.79 Å². The maximum Gasteiger partial charge on any atom is 0.295 e. The smallest absolute Gasteiger partial charge is 0.295 e. The molecule has 4 aromatic rings. The van der Waals surface area contributed by atoms with Gasteiger partial charge in [-0.3, -0.25) is 14.3 Å². The number of nitrogens with one attached hydrogen (secondary N) is 1. The summed E-state index contributed by atoms with van der Waals surface area (Å²) >= 11 is 1.65. The summed E-state index contributed by atoms with van der Waals surface area (Å²) in [4.78, 5) is 43.0. The van der Waals surface area contributed by atoms with Crippen LogP contribution in [0.3, 0.4) is 0 Å². The molecule has 0 bridgehead atoms. The Morgan fingerprint density at radius 3 is 2.54 bits per heavy atom. The van der Waals surface area contributed by atoms with E-state index in [4.69, 9.17) is 15.0 Å². The van der Waals surface area contributed by atoms with E-state index in [0.717, 1.165) is 58.9 Å². The maximum absolute atomic E-state index is 13.8. The van der Waals surface area contributed by atoms with Crippen molar-refractivity contribution in [3.05, 3.63) is 57.8 Å².